The lowest BCUT2D eigenvalue weighted by Gasteiger charge is -2.38. The molecule has 4 rings (SSSR count). The minimum absolute atomic E-state index is 0.0414. The van der Waals surface area contributed by atoms with E-state index in [2.05, 4.69) is 15.2 Å². The van der Waals surface area contributed by atoms with E-state index in [9.17, 15) is 14.3 Å². The molecule has 1 aliphatic rings. The lowest BCUT2D eigenvalue weighted by molar-refractivity contribution is -0.0260. The lowest BCUT2D eigenvalue weighted by Crippen LogP contribution is -2.42. The Morgan fingerprint density at radius 2 is 1.78 bits per heavy atom. The largest absolute Gasteiger partial charge is 0.385 e. The van der Waals surface area contributed by atoms with Gasteiger partial charge in [0.25, 0.3) is 0 Å². The van der Waals surface area contributed by atoms with Gasteiger partial charge in [-0.2, -0.15) is 0 Å². The van der Waals surface area contributed by atoms with E-state index in [1.165, 1.54) is 24.3 Å². The van der Waals surface area contributed by atoms with Crippen LogP contribution >= 0.6 is 11.6 Å². The summed E-state index contributed by atoms with van der Waals surface area (Å²) in [5.41, 5.74) is 1.82. The van der Waals surface area contributed by atoms with Crippen LogP contribution in [0.2, 0.25) is 5.02 Å². The monoisotopic (exact) mass is 511 g/mol. The molecule has 192 valence electrons. The first-order valence-corrected chi connectivity index (χ1v) is 12.8. The fraction of sp³-hybridized carbons (Fsp3) is 0.379. The molecule has 7 heteroatoms. The van der Waals surface area contributed by atoms with Gasteiger partial charge >= 0.3 is 0 Å². The van der Waals surface area contributed by atoms with Gasteiger partial charge < -0.3 is 15.3 Å². The van der Waals surface area contributed by atoms with Crippen LogP contribution in [0.5, 0.6) is 0 Å². The summed E-state index contributed by atoms with van der Waals surface area (Å²) in [5.74, 6) is -0.289. The van der Waals surface area contributed by atoms with Crippen LogP contribution in [0.25, 0.3) is 0 Å². The number of rotatable bonds is 9. The molecule has 3 aromatic rings. The number of benzene rings is 2. The zero-order chi connectivity index (χ0) is 25.8. The normalized spacial score (nSPS) is 15.1. The maximum Gasteiger partial charge on any atom is 0.162 e. The van der Waals surface area contributed by atoms with Crippen molar-refractivity contribution >= 4 is 17.4 Å². The molecular formula is C29H35ClFN3O2. The van der Waals surface area contributed by atoms with Crippen molar-refractivity contribution in [1.29, 1.82) is 0 Å². The van der Waals surface area contributed by atoms with Crippen LogP contribution < -0.4 is 5.32 Å². The lowest BCUT2D eigenvalue weighted by atomic mass is 9.84. The number of nitrogens with one attached hydrogen (secondary N) is 1. The number of aliphatic hydroxyl groups is 1. The number of carbonyl (C=O) groups is 1. The number of halogens is 2. The second-order valence-corrected chi connectivity index (χ2v) is 9.52. The minimum atomic E-state index is -0.801. The first-order valence-electron chi connectivity index (χ1n) is 12.4. The third kappa shape index (κ3) is 8.79. The third-order valence-electron chi connectivity index (χ3n) is 6.47. The molecule has 1 aromatic heterocycles. The van der Waals surface area contributed by atoms with Crippen LogP contribution in [-0.2, 0) is 12.0 Å². The van der Waals surface area contributed by atoms with Gasteiger partial charge in [-0.1, -0.05) is 29.8 Å². The molecule has 1 aliphatic heterocycles. The number of likely N-dealkylation sites (tertiary alicyclic amines) is 1. The molecule has 2 heterocycles. The van der Waals surface area contributed by atoms with Crippen molar-refractivity contribution in [2.45, 2.75) is 37.7 Å². The topological polar surface area (TPSA) is 65.5 Å². The fourth-order valence-electron chi connectivity index (χ4n) is 4.24. The van der Waals surface area contributed by atoms with Gasteiger partial charge in [-0.05, 0) is 86.9 Å². The summed E-state index contributed by atoms with van der Waals surface area (Å²) in [7, 11) is 1.95. The molecule has 0 spiro atoms. The molecular weight excluding hydrogens is 477 g/mol. The Balaban J connectivity index is 0.000000303. The van der Waals surface area contributed by atoms with Crippen LogP contribution in [-0.4, -0.2) is 54.0 Å². The number of pyridine rings is 1. The van der Waals surface area contributed by atoms with E-state index >= 15 is 0 Å². The van der Waals surface area contributed by atoms with Gasteiger partial charge in [-0.3, -0.25) is 9.78 Å². The first kappa shape index (κ1) is 27.9. The zero-order valence-corrected chi connectivity index (χ0v) is 21.6. The summed E-state index contributed by atoms with van der Waals surface area (Å²) < 4.78 is 12.9. The number of hydrogen-bond donors (Lipinski definition) is 2. The number of hydrogen-bond acceptors (Lipinski definition) is 5. The number of nitrogens with zero attached hydrogens (tertiary/aromatic N) is 2. The molecule has 0 radical (unpaired) electrons. The van der Waals surface area contributed by atoms with Gasteiger partial charge in [0.2, 0.25) is 0 Å². The van der Waals surface area contributed by atoms with Crippen LogP contribution in [0.4, 0.5) is 4.39 Å². The van der Waals surface area contributed by atoms with Crippen LogP contribution in [0.1, 0.15) is 47.3 Å². The number of ketones is 1. The molecule has 0 atom stereocenters. The summed E-state index contributed by atoms with van der Waals surface area (Å²) in [6.45, 7) is 3.41. The van der Waals surface area contributed by atoms with Crippen LogP contribution in [0, 0.1) is 5.82 Å². The van der Waals surface area contributed by atoms with Gasteiger partial charge in [-0.15, -0.1) is 0 Å². The second-order valence-electron chi connectivity index (χ2n) is 9.09. The molecule has 2 aromatic carbocycles. The Morgan fingerprint density at radius 1 is 1.08 bits per heavy atom. The summed E-state index contributed by atoms with van der Waals surface area (Å²) in [6.07, 6.45) is 5.38. The third-order valence-corrected chi connectivity index (χ3v) is 6.72. The van der Waals surface area contributed by atoms with Gasteiger partial charge in [0.1, 0.15) is 5.82 Å². The van der Waals surface area contributed by atoms with Gasteiger partial charge in [-0.25, -0.2) is 4.39 Å². The Morgan fingerprint density at radius 3 is 2.39 bits per heavy atom. The van der Waals surface area contributed by atoms with Crippen LogP contribution in [0.15, 0.2) is 72.9 Å². The summed E-state index contributed by atoms with van der Waals surface area (Å²) in [4.78, 5) is 18.6. The molecule has 2 N–H and O–H groups in total. The number of piperidine rings is 1. The smallest absolute Gasteiger partial charge is 0.162 e. The first-order chi connectivity index (χ1) is 17.4. The molecule has 0 saturated carbocycles. The van der Waals surface area contributed by atoms with Crippen molar-refractivity contribution < 1.29 is 14.3 Å². The molecule has 5 nitrogen and oxygen atoms in total. The van der Waals surface area contributed by atoms with E-state index in [4.69, 9.17) is 11.6 Å². The SMILES string of the molecule is CNCCc1ccccn1.O=C(CCCN1CCC(O)(c2ccc(Cl)cc2)CC1)c1ccc(F)cc1. The van der Waals surface area contributed by atoms with Crippen molar-refractivity contribution in [3.8, 4) is 0 Å². The van der Waals surface area contributed by atoms with Crippen molar-refractivity contribution in [2.24, 2.45) is 0 Å². The van der Waals surface area contributed by atoms with Crippen molar-refractivity contribution in [1.82, 2.24) is 15.2 Å². The van der Waals surface area contributed by atoms with E-state index in [0.717, 1.165) is 50.3 Å². The molecule has 0 amide bonds. The summed E-state index contributed by atoms with van der Waals surface area (Å²) in [6, 6.07) is 19.1. The predicted molar refractivity (Wildman–Crippen MR) is 143 cm³/mol. The highest BCUT2D eigenvalue weighted by Gasteiger charge is 2.33. The highest BCUT2D eigenvalue weighted by molar-refractivity contribution is 6.30. The molecule has 36 heavy (non-hydrogen) atoms. The standard InChI is InChI=1S/C21H23ClFNO2.C8H12N2/c22-18-7-5-17(6-8-18)21(26)11-14-24(15-12-21)13-1-2-20(25)16-3-9-19(23)10-4-16;1-9-7-5-8-4-2-3-6-10-8/h3-10,26H,1-2,11-15H2;2-4,6,9H,5,7H2,1H3. The summed E-state index contributed by atoms with van der Waals surface area (Å²) >= 11 is 5.92. The van der Waals surface area contributed by atoms with Gasteiger partial charge in [0, 0.05) is 55.0 Å². The fourth-order valence-corrected chi connectivity index (χ4v) is 4.36. The highest BCUT2D eigenvalue weighted by atomic mass is 35.5. The number of Topliss-reactive ketones (excluding diaryl/α,β-unsaturated/α-hetero) is 1. The highest BCUT2D eigenvalue weighted by Crippen LogP contribution is 2.33. The van der Waals surface area contributed by atoms with E-state index in [0.29, 0.717) is 29.8 Å². The van der Waals surface area contributed by atoms with Crippen LogP contribution in [0.3, 0.4) is 0 Å². The minimum Gasteiger partial charge on any atom is -0.385 e. The van der Waals surface area contributed by atoms with Gasteiger partial charge in [0.15, 0.2) is 5.78 Å². The number of carbonyl (C=O) groups excluding carboxylic acids is 1. The maximum atomic E-state index is 12.9. The van der Waals surface area contributed by atoms with Crippen molar-refractivity contribution in [3.05, 3.63) is 101 Å². The molecule has 0 bridgehead atoms. The van der Waals surface area contributed by atoms with E-state index < -0.39 is 5.60 Å². The Bertz CT molecular complexity index is 1050. The Hall–Kier alpha value is -2.64. The molecule has 1 saturated heterocycles. The molecule has 0 unspecified atom stereocenters. The average molecular weight is 512 g/mol. The van der Waals surface area contributed by atoms with E-state index in [1.54, 1.807) is 0 Å². The predicted octanol–water partition coefficient (Wildman–Crippen LogP) is 5.27. The zero-order valence-electron chi connectivity index (χ0n) is 20.8. The van der Waals surface area contributed by atoms with E-state index in [1.807, 2.05) is 55.7 Å². The Kier molecular flexibility index (Phi) is 11.0. The van der Waals surface area contributed by atoms with Crippen molar-refractivity contribution in [2.75, 3.05) is 33.2 Å². The number of aromatic nitrogens is 1. The van der Waals surface area contributed by atoms with Gasteiger partial charge in [0.05, 0.1) is 5.60 Å². The Labute approximate surface area is 218 Å². The van der Waals surface area contributed by atoms with Crippen molar-refractivity contribution in [3.63, 3.8) is 0 Å². The maximum absolute atomic E-state index is 12.9. The average Bonchev–Trinajstić information content (AvgIpc) is 2.90. The molecule has 1 fully saturated rings. The molecule has 0 aliphatic carbocycles. The number of likely N-dealkylation sites (N-methyl/N-ethyl adjacent to an activating group) is 1. The quantitative estimate of drug-likeness (QED) is 0.383. The van der Waals surface area contributed by atoms with E-state index in [-0.39, 0.29) is 11.6 Å². The second kappa shape index (κ2) is 14.2. The summed E-state index contributed by atoms with van der Waals surface area (Å²) in [5, 5.41) is 14.6.